The molecule has 0 fully saturated rings. The Kier molecular flexibility index (Phi) is 3.59. The predicted molar refractivity (Wildman–Crippen MR) is 88.7 cm³/mol. The molecule has 1 N–H and O–H groups in total. The monoisotopic (exact) mass is 345 g/mol. The lowest BCUT2D eigenvalue weighted by molar-refractivity contribution is 0.102. The van der Waals surface area contributed by atoms with Crippen molar-refractivity contribution in [3.05, 3.63) is 63.4 Å². The highest BCUT2D eigenvalue weighted by molar-refractivity contribution is 9.10. The number of anilines is 1. The smallest absolute Gasteiger partial charge is 0.255 e. The molecule has 2 nitrogen and oxygen atoms in total. The van der Waals surface area contributed by atoms with Gasteiger partial charge < -0.3 is 5.32 Å². The number of hydrogen-bond acceptors (Lipinski definition) is 2. The van der Waals surface area contributed by atoms with Crippen LogP contribution >= 0.6 is 27.3 Å². The van der Waals surface area contributed by atoms with Crippen molar-refractivity contribution >= 4 is 48.9 Å². The van der Waals surface area contributed by atoms with E-state index >= 15 is 0 Å². The summed E-state index contributed by atoms with van der Waals surface area (Å²) < 4.78 is 2.17. The number of rotatable bonds is 2. The lowest BCUT2D eigenvalue weighted by Gasteiger charge is -2.07. The van der Waals surface area contributed by atoms with Gasteiger partial charge in [-0.3, -0.25) is 4.79 Å². The standard InChI is InChI=1S/C16H12BrNOS/c1-10-2-3-12(9-14(10)17)16(19)18-13-4-5-15-11(8-13)6-7-20-15/h2-9H,1H3,(H,18,19). The minimum absolute atomic E-state index is 0.0970. The van der Waals surface area contributed by atoms with E-state index in [1.54, 1.807) is 11.3 Å². The molecule has 0 aliphatic heterocycles. The fraction of sp³-hybridized carbons (Fsp3) is 0.0625. The Labute approximate surface area is 129 Å². The summed E-state index contributed by atoms with van der Waals surface area (Å²) in [4.78, 5) is 12.2. The van der Waals surface area contributed by atoms with Crippen LogP contribution in [0.5, 0.6) is 0 Å². The molecule has 4 heteroatoms. The van der Waals surface area contributed by atoms with Crippen LogP contribution in [0.15, 0.2) is 52.3 Å². The zero-order valence-corrected chi connectivity index (χ0v) is 13.2. The molecule has 0 saturated heterocycles. The quantitative estimate of drug-likeness (QED) is 0.677. The number of amides is 1. The van der Waals surface area contributed by atoms with Crippen LogP contribution in [-0.4, -0.2) is 5.91 Å². The van der Waals surface area contributed by atoms with Crippen LogP contribution in [0.25, 0.3) is 10.1 Å². The molecule has 0 unspecified atom stereocenters. The summed E-state index contributed by atoms with van der Waals surface area (Å²) in [5.41, 5.74) is 2.58. The average Bonchev–Trinajstić information content (AvgIpc) is 2.89. The number of thiophene rings is 1. The summed E-state index contributed by atoms with van der Waals surface area (Å²) >= 11 is 5.14. The Balaban J connectivity index is 1.85. The maximum atomic E-state index is 12.2. The molecule has 1 aromatic heterocycles. The summed E-state index contributed by atoms with van der Waals surface area (Å²) in [5.74, 6) is -0.0970. The van der Waals surface area contributed by atoms with Gasteiger partial charge >= 0.3 is 0 Å². The van der Waals surface area contributed by atoms with Gasteiger partial charge in [-0.25, -0.2) is 0 Å². The third-order valence-electron chi connectivity index (χ3n) is 3.14. The highest BCUT2D eigenvalue weighted by Crippen LogP contribution is 2.24. The Hall–Kier alpha value is -1.65. The predicted octanol–water partition coefficient (Wildman–Crippen LogP) is 5.22. The molecule has 1 amide bonds. The van der Waals surface area contributed by atoms with E-state index in [-0.39, 0.29) is 5.91 Å². The lowest BCUT2D eigenvalue weighted by Crippen LogP contribution is -2.11. The van der Waals surface area contributed by atoms with Gasteiger partial charge in [-0.15, -0.1) is 11.3 Å². The molecule has 0 aliphatic rings. The Bertz CT molecular complexity index is 794. The van der Waals surface area contributed by atoms with Gasteiger partial charge in [0.05, 0.1) is 0 Å². The minimum atomic E-state index is -0.0970. The number of nitrogens with one attached hydrogen (secondary N) is 1. The summed E-state index contributed by atoms with van der Waals surface area (Å²) in [5, 5.41) is 6.13. The molecular formula is C16H12BrNOS. The van der Waals surface area contributed by atoms with Crippen molar-refractivity contribution in [1.82, 2.24) is 0 Å². The van der Waals surface area contributed by atoms with Gasteiger partial charge in [-0.2, -0.15) is 0 Å². The number of carbonyl (C=O) groups excluding carboxylic acids is 1. The van der Waals surface area contributed by atoms with E-state index in [0.29, 0.717) is 5.56 Å². The second-order valence-electron chi connectivity index (χ2n) is 4.59. The summed E-state index contributed by atoms with van der Waals surface area (Å²) in [6.07, 6.45) is 0. The van der Waals surface area contributed by atoms with E-state index in [0.717, 1.165) is 21.1 Å². The third-order valence-corrected chi connectivity index (χ3v) is 4.90. The Morgan fingerprint density at radius 3 is 2.80 bits per heavy atom. The van der Waals surface area contributed by atoms with Crippen LogP contribution in [0.1, 0.15) is 15.9 Å². The van der Waals surface area contributed by atoms with Crippen molar-refractivity contribution in [2.45, 2.75) is 6.92 Å². The fourth-order valence-electron chi connectivity index (χ4n) is 1.98. The Morgan fingerprint density at radius 2 is 2.00 bits per heavy atom. The highest BCUT2D eigenvalue weighted by atomic mass is 79.9. The van der Waals surface area contributed by atoms with E-state index in [2.05, 4.69) is 27.3 Å². The van der Waals surface area contributed by atoms with Crippen LogP contribution in [0, 0.1) is 6.92 Å². The number of fused-ring (bicyclic) bond motifs is 1. The molecule has 0 atom stereocenters. The van der Waals surface area contributed by atoms with Gasteiger partial charge in [0.25, 0.3) is 5.91 Å². The summed E-state index contributed by atoms with van der Waals surface area (Å²) in [6.45, 7) is 2.00. The lowest BCUT2D eigenvalue weighted by atomic mass is 10.1. The first-order chi connectivity index (χ1) is 9.63. The highest BCUT2D eigenvalue weighted by Gasteiger charge is 2.08. The molecule has 2 aromatic carbocycles. The van der Waals surface area contributed by atoms with E-state index in [1.807, 2.05) is 48.7 Å². The first-order valence-electron chi connectivity index (χ1n) is 6.18. The maximum absolute atomic E-state index is 12.2. The van der Waals surface area contributed by atoms with Crippen molar-refractivity contribution in [1.29, 1.82) is 0 Å². The Morgan fingerprint density at radius 1 is 1.15 bits per heavy atom. The largest absolute Gasteiger partial charge is 0.322 e. The van der Waals surface area contributed by atoms with Crippen molar-refractivity contribution in [2.24, 2.45) is 0 Å². The number of carbonyl (C=O) groups is 1. The van der Waals surface area contributed by atoms with Gasteiger partial charge in [0.2, 0.25) is 0 Å². The normalized spacial score (nSPS) is 10.7. The fourth-order valence-corrected chi connectivity index (χ4v) is 3.13. The van der Waals surface area contributed by atoms with Crippen molar-refractivity contribution in [3.63, 3.8) is 0 Å². The molecule has 0 spiro atoms. The zero-order valence-electron chi connectivity index (χ0n) is 10.8. The van der Waals surface area contributed by atoms with Crippen LogP contribution in [-0.2, 0) is 0 Å². The van der Waals surface area contributed by atoms with Gasteiger partial charge in [-0.05, 0) is 59.7 Å². The molecule has 0 saturated carbocycles. The number of aryl methyl sites for hydroxylation is 1. The molecular weight excluding hydrogens is 334 g/mol. The molecule has 20 heavy (non-hydrogen) atoms. The zero-order chi connectivity index (χ0) is 14.1. The molecule has 1 heterocycles. The van der Waals surface area contributed by atoms with E-state index < -0.39 is 0 Å². The number of benzene rings is 2. The van der Waals surface area contributed by atoms with Gasteiger partial charge in [0.15, 0.2) is 0 Å². The molecule has 100 valence electrons. The first kappa shape index (κ1) is 13.3. The van der Waals surface area contributed by atoms with E-state index in [9.17, 15) is 4.79 Å². The molecule has 0 bridgehead atoms. The van der Waals surface area contributed by atoms with E-state index in [4.69, 9.17) is 0 Å². The van der Waals surface area contributed by atoms with Gasteiger partial charge in [0, 0.05) is 20.4 Å². The van der Waals surface area contributed by atoms with E-state index in [1.165, 1.54) is 4.70 Å². The maximum Gasteiger partial charge on any atom is 0.255 e. The summed E-state index contributed by atoms with van der Waals surface area (Å²) in [6, 6.07) is 13.6. The topological polar surface area (TPSA) is 29.1 Å². The van der Waals surface area contributed by atoms with Crippen LogP contribution < -0.4 is 5.32 Å². The number of halogens is 1. The second-order valence-corrected chi connectivity index (χ2v) is 6.39. The third kappa shape index (κ3) is 2.62. The SMILES string of the molecule is Cc1ccc(C(=O)Nc2ccc3sccc3c2)cc1Br. The van der Waals surface area contributed by atoms with Crippen molar-refractivity contribution in [2.75, 3.05) is 5.32 Å². The second kappa shape index (κ2) is 5.38. The van der Waals surface area contributed by atoms with Crippen LogP contribution in [0.4, 0.5) is 5.69 Å². The van der Waals surface area contributed by atoms with Crippen molar-refractivity contribution in [3.8, 4) is 0 Å². The van der Waals surface area contributed by atoms with Crippen LogP contribution in [0.2, 0.25) is 0 Å². The average molecular weight is 346 g/mol. The minimum Gasteiger partial charge on any atom is -0.322 e. The molecule has 3 rings (SSSR count). The van der Waals surface area contributed by atoms with Crippen LogP contribution in [0.3, 0.4) is 0 Å². The van der Waals surface area contributed by atoms with Gasteiger partial charge in [-0.1, -0.05) is 22.0 Å². The van der Waals surface area contributed by atoms with Gasteiger partial charge in [0.1, 0.15) is 0 Å². The summed E-state index contributed by atoms with van der Waals surface area (Å²) in [7, 11) is 0. The molecule has 3 aromatic rings. The first-order valence-corrected chi connectivity index (χ1v) is 7.85. The molecule has 0 aliphatic carbocycles. The number of hydrogen-bond donors (Lipinski definition) is 1. The van der Waals surface area contributed by atoms with Crippen molar-refractivity contribution < 1.29 is 4.79 Å². The molecule has 0 radical (unpaired) electrons.